The molecule has 0 N–H and O–H groups in total. The van der Waals surface area contributed by atoms with Gasteiger partial charge in [0.15, 0.2) is 0 Å². The van der Waals surface area contributed by atoms with Gasteiger partial charge in [-0.05, 0) is 107 Å². The third-order valence-electron chi connectivity index (χ3n) is 10.1. The highest BCUT2D eigenvalue weighted by molar-refractivity contribution is 6.24. The van der Waals surface area contributed by atoms with Gasteiger partial charge in [-0.1, -0.05) is 152 Å². The first-order valence-electron chi connectivity index (χ1n) is 16.8. The molecule has 0 unspecified atom stereocenters. The Hall–Kier alpha value is -6.44. The number of hydrogen-bond acceptors (Lipinski definition) is 1. The lowest BCUT2D eigenvalue weighted by Gasteiger charge is -2.19. The van der Waals surface area contributed by atoms with Crippen LogP contribution in [0.3, 0.4) is 0 Å². The largest absolute Gasteiger partial charge is 0.456 e. The van der Waals surface area contributed by atoms with E-state index in [9.17, 15) is 0 Å². The molecule has 0 spiro atoms. The second-order valence-electron chi connectivity index (χ2n) is 12.8. The summed E-state index contributed by atoms with van der Waals surface area (Å²) in [5.74, 6) is 0. The minimum atomic E-state index is 0.901. The molecule has 9 aromatic carbocycles. The van der Waals surface area contributed by atoms with Crippen molar-refractivity contribution in [2.45, 2.75) is 0 Å². The maximum absolute atomic E-state index is 6.51. The molecule has 0 aliphatic rings. The minimum Gasteiger partial charge on any atom is -0.456 e. The van der Waals surface area contributed by atoms with E-state index in [4.69, 9.17) is 4.42 Å². The fourth-order valence-electron chi connectivity index (χ4n) is 7.78. The predicted molar refractivity (Wildman–Crippen MR) is 208 cm³/mol. The van der Waals surface area contributed by atoms with E-state index >= 15 is 0 Å². The van der Waals surface area contributed by atoms with Gasteiger partial charge in [0.1, 0.15) is 11.2 Å². The van der Waals surface area contributed by atoms with Crippen molar-refractivity contribution in [3.8, 4) is 44.5 Å². The van der Waals surface area contributed by atoms with Crippen molar-refractivity contribution in [3.63, 3.8) is 0 Å². The fraction of sp³-hybridized carbons (Fsp3) is 0. The van der Waals surface area contributed by atoms with E-state index < -0.39 is 0 Å². The molecular weight excluding hydrogens is 593 g/mol. The van der Waals surface area contributed by atoms with Crippen LogP contribution < -0.4 is 0 Å². The molecule has 0 saturated heterocycles. The molecule has 1 aromatic heterocycles. The van der Waals surface area contributed by atoms with Crippen LogP contribution in [0.15, 0.2) is 186 Å². The molecule has 0 aliphatic carbocycles. The topological polar surface area (TPSA) is 13.1 Å². The first-order valence-corrected chi connectivity index (χ1v) is 16.8. The van der Waals surface area contributed by atoms with E-state index in [2.05, 4.69) is 182 Å². The van der Waals surface area contributed by atoms with Gasteiger partial charge in [-0.2, -0.15) is 0 Å². The Balaban J connectivity index is 1.19. The summed E-state index contributed by atoms with van der Waals surface area (Å²) in [5, 5.41) is 9.71. The molecule has 0 amide bonds. The second kappa shape index (κ2) is 11.1. The maximum Gasteiger partial charge on any atom is 0.136 e. The van der Waals surface area contributed by atoms with Crippen molar-refractivity contribution in [1.29, 1.82) is 0 Å². The normalized spacial score (nSPS) is 11.7. The summed E-state index contributed by atoms with van der Waals surface area (Å²) >= 11 is 0. The van der Waals surface area contributed by atoms with Crippen molar-refractivity contribution in [1.82, 2.24) is 0 Å². The number of rotatable bonds is 4. The quantitative estimate of drug-likeness (QED) is 0.178. The van der Waals surface area contributed by atoms with E-state index in [0.717, 1.165) is 27.5 Å². The molecule has 0 saturated carbocycles. The summed E-state index contributed by atoms with van der Waals surface area (Å²) in [6.45, 7) is 0. The Bertz CT molecular complexity index is 2800. The second-order valence-corrected chi connectivity index (χ2v) is 12.8. The van der Waals surface area contributed by atoms with Crippen molar-refractivity contribution in [2.24, 2.45) is 0 Å². The molecule has 0 aliphatic heterocycles. The lowest BCUT2D eigenvalue weighted by atomic mass is 9.84. The van der Waals surface area contributed by atoms with E-state index in [1.165, 1.54) is 71.3 Å². The van der Waals surface area contributed by atoms with Crippen molar-refractivity contribution in [2.75, 3.05) is 0 Å². The number of benzene rings is 9. The van der Waals surface area contributed by atoms with Crippen LogP contribution in [0, 0.1) is 0 Å². The van der Waals surface area contributed by atoms with Gasteiger partial charge >= 0.3 is 0 Å². The van der Waals surface area contributed by atoms with Crippen LogP contribution in [0.1, 0.15) is 0 Å². The molecule has 1 nitrogen and oxygen atoms in total. The van der Waals surface area contributed by atoms with Gasteiger partial charge in [0, 0.05) is 10.8 Å². The van der Waals surface area contributed by atoms with E-state index in [0.29, 0.717) is 0 Å². The number of fused-ring (bicyclic) bond motifs is 6. The van der Waals surface area contributed by atoms with Crippen LogP contribution in [0.4, 0.5) is 0 Å². The molecule has 10 rings (SSSR count). The van der Waals surface area contributed by atoms with Crippen molar-refractivity contribution in [3.05, 3.63) is 182 Å². The average molecular weight is 623 g/mol. The summed E-state index contributed by atoms with van der Waals surface area (Å²) in [7, 11) is 0. The Morgan fingerprint density at radius 2 is 0.816 bits per heavy atom. The van der Waals surface area contributed by atoms with E-state index in [1.807, 2.05) is 0 Å². The standard InChI is InChI=1S/C48H30O/c1-3-12-31(13-4-1)33-22-25-37-35(28-33)16-11-21-39(37)48-42-19-9-7-17-40(42)47(41-18-8-10-20-43(41)48)36-23-26-38-44-29-34(32-14-5-2-6-15-32)24-27-45(44)49-46(38)30-36/h1-30H. The van der Waals surface area contributed by atoms with Crippen LogP contribution in [0.2, 0.25) is 0 Å². The third kappa shape index (κ3) is 4.47. The average Bonchev–Trinajstić information content (AvgIpc) is 3.54. The molecule has 0 radical (unpaired) electrons. The fourth-order valence-corrected chi connectivity index (χ4v) is 7.78. The first kappa shape index (κ1) is 27.7. The smallest absolute Gasteiger partial charge is 0.136 e. The van der Waals surface area contributed by atoms with Gasteiger partial charge in [0.25, 0.3) is 0 Å². The summed E-state index contributed by atoms with van der Waals surface area (Å²) in [5.41, 5.74) is 11.6. The van der Waals surface area contributed by atoms with Crippen LogP contribution >= 0.6 is 0 Å². The molecule has 1 heteroatoms. The molecular formula is C48H30O. The van der Waals surface area contributed by atoms with Gasteiger partial charge in [0.2, 0.25) is 0 Å². The molecule has 0 fully saturated rings. The maximum atomic E-state index is 6.51. The van der Waals surface area contributed by atoms with E-state index in [-0.39, 0.29) is 0 Å². The lowest BCUT2D eigenvalue weighted by Crippen LogP contribution is -1.91. The van der Waals surface area contributed by atoms with Gasteiger partial charge in [-0.25, -0.2) is 0 Å². The highest BCUT2D eigenvalue weighted by atomic mass is 16.3. The van der Waals surface area contributed by atoms with Crippen molar-refractivity contribution < 1.29 is 4.42 Å². The van der Waals surface area contributed by atoms with Gasteiger partial charge in [0.05, 0.1) is 0 Å². The first-order chi connectivity index (χ1) is 24.3. The van der Waals surface area contributed by atoms with Crippen LogP contribution in [0.25, 0.3) is 98.8 Å². The Morgan fingerprint density at radius 1 is 0.265 bits per heavy atom. The summed E-state index contributed by atoms with van der Waals surface area (Å²) in [6, 6.07) is 65.7. The minimum absolute atomic E-state index is 0.901. The molecule has 228 valence electrons. The highest BCUT2D eigenvalue weighted by Gasteiger charge is 2.19. The van der Waals surface area contributed by atoms with Crippen LogP contribution in [-0.4, -0.2) is 0 Å². The molecule has 1 heterocycles. The molecule has 49 heavy (non-hydrogen) atoms. The SMILES string of the molecule is c1ccc(-c2ccc3c(-c4c5ccccc5c(-c5ccc6c(c5)oc5ccc(-c7ccccc7)cc56)c5ccccc45)cccc3c2)cc1. The van der Waals surface area contributed by atoms with Gasteiger partial charge in [-0.3, -0.25) is 0 Å². The third-order valence-corrected chi connectivity index (χ3v) is 10.1. The zero-order valence-corrected chi connectivity index (χ0v) is 26.7. The summed E-state index contributed by atoms with van der Waals surface area (Å²) < 4.78 is 6.51. The Labute approximate surface area is 284 Å². The van der Waals surface area contributed by atoms with Crippen LogP contribution in [-0.2, 0) is 0 Å². The zero-order chi connectivity index (χ0) is 32.3. The number of furan rings is 1. The summed E-state index contributed by atoms with van der Waals surface area (Å²) in [6.07, 6.45) is 0. The Kier molecular flexibility index (Phi) is 6.25. The van der Waals surface area contributed by atoms with E-state index in [1.54, 1.807) is 0 Å². The zero-order valence-electron chi connectivity index (χ0n) is 26.7. The molecule has 0 atom stereocenters. The summed E-state index contributed by atoms with van der Waals surface area (Å²) in [4.78, 5) is 0. The highest BCUT2D eigenvalue weighted by Crippen LogP contribution is 2.46. The Morgan fingerprint density at radius 3 is 1.49 bits per heavy atom. The van der Waals surface area contributed by atoms with Crippen molar-refractivity contribution >= 4 is 54.3 Å². The number of hydrogen-bond donors (Lipinski definition) is 0. The van der Waals surface area contributed by atoms with Gasteiger partial charge < -0.3 is 4.42 Å². The predicted octanol–water partition coefficient (Wildman–Crippen LogP) is 13.7. The van der Waals surface area contributed by atoms with Gasteiger partial charge in [-0.15, -0.1) is 0 Å². The van der Waals surface area contributed by atoms with Crippen LogP contribution in [0.5, 0.6) is 0 Å². The lowest BCUT2D eigenvalue weighted by molar-refractivity contribution is 0.669. The molecule has 0 bridgehead atoms. The monoisotopic (exact) mass is 622 g/mol. The molecule has 10 aromatic rings.